The van der Waals surface area contributed by atoms with E-state index in [-0.39, 0.29) is 0 Å². The zero-order valence-corrected chi connectivity index (χ0v) is 15.2. The smallest absolute Gasteiger partial charge is 0.387 e. The lowest BCUT2D eigenvalue weighted by Crippen LogP contribution is -2.76. The van der Waals surface area contributed by atoms with Crippen molar-refractivity contribution in [3.8, 4) is 0 Å². The second kappa shape index (κ2) is 8.00. The molecule has 0 saturated carbocycles. The van der Waals surface area contributed by atoms with Crippen LogP contribution in [0.4, 0.5) is 92.2 Å². The Morgan fingerprint density at radius 3 is 0.800 bits per heavy atom. The average molecular weight is 576 g/mol. The maximum atomic E-state index is 13.4. The molecule has 0 aliphatic carbocycles. The van der Waals surface area contributed by atoms with Crippen LogP contribution in [0.25, 0.3) is 0 Å². The second-order valence-electron chi connectivity index (χ2n) is 6.50. The van der Waals surface area contributed by atoms with Crippen LogP contribution in [-0.4, -0.2) is 65.3 Å². The summed E-state index contributed by atoms with van der Waals surface area (Å²) in [5.41, 5.74) is 4.09. The molecule has 0 amide bonds. The third-order valence-electron chi connectivity index (χ3n) is 3.99. The number of alkyl halides is 21. The lowest BCUT2D eigenvalue weighted by atomic mass is 9.86. The molecular formula is C12H5F21N2. The molecule has 0 aromatic rings. The largest absolute Gasteiger partial charge is 0.460 e. The molecule has 0 atom stereocenters. The number of hydrogen-bond donors (Lipinski definition) is 2. The van der Waals surface area contributed by atoms with Crippen molar-refractivity contribution in [2.45, 2.75) is 65.9 Å². The van der Waals surface area contributed by atoms with Crippen molar-refractivity contribution in [1.82, 2.24) is 0 Å². The summed E-state index contributed by atoms with van der Waals surface area (Å²) < 4.78 is 273. The highest BCUT2D eigenvalue weighted by Crippen LogP contribution is 2.66. The number of amidine groups is 1. The number of rotatable bonds is 10. The summed E-state index contributed by atoms with van der Waals surface area (Å²) in [4.78, 5) is 0. The first-order valence-electron chi connectivity index (χ1n) is 7.46. The van der Waals surface area contributed by atoms with Crippen LogP contribution < -0.4 is 5.73 Å². The van der Waals surface area contributed by atoms with Gasteiger partial charge in [0.15, 0.2) is 0 Å². The third kappa shape index (κ3) is 4.08. The van der Waals surface area contributed by atoms with Crippen molar-refractivity contribution in [2.24, 2.45) is 5.73 Å². The van der Waals surface area contributed by atoms with Gasteiger partial charge in [0.1, 0.15) is 0 Å². The molecule has 35 heavy (non-hydrogen) atoms. The van der Waals surface area contributed by atoms with E-state index in [1.807, 2.05) is 0 Å². The topological polar surface area (TPSA) is 49.9 Å². The number of nitrogens with two attached hydrogens (primary N) is 1. The van der Waals surface area contributed by atoms with Crippen molar-refractivity contribution in [3.05, 3.63) is 0 Å². The van der Waals surface area contributed by atoms with Crippen molar-refractivity contribution in [1.29, 1.82) is 5.41 Å². The zero-order chi connectivity index (χ0) is 29.3. The average Bonchev–Trinajstić information content (AvgIpc) is 2.58. The van der Waals surface area contributed by atoms with Gasteiger partial charge in [-0.25, -0.2) is 0 Å². The Labute approximate surface area is 176 Å². The van der Waals surface area contributed by atoms with Gasteiger partial charge in [-0.1, -0.05) is 0 Å². The van der Waals surface area contributed by atoms with Crippen molar-refractivity contribution in [2.75, 3.05) is 0 Å². The molecule has 0 aliphatic heterocycles. The summed E-state index contributed by atoms with van der Waals surface area (Å²) in [7, 11) is 0. The molecule has 210 valence electrons. The molecule has 2 nitrogen and oxygen atoms in total. The van der Waals surface area contributed by atoms with E-state index in [1.54, 1.807) is 0 Å². The van der Waals surface area contributed by atoms with Crippen LogP contribution in [0, 0.1) is 5.41 Å². The van der Waals surface area contributed by atoms with Crippen LogP contribution in [0.1, 0.15) is 6.42 Å². The Hall–Kier alpha value is -2.00. The first-order chi connectivity index (χ1) is 14.7. The van der Waals surface area contributed by atoms with Crippen LogP contribution in [0.5, 0.6) is 0 Å². The van der Waals surface area contributed by atoms with E-state index in [9.17, 15) is 92.2 Å². The molecule has 3 N–H and O–H groups in total. The fraction of sp³-hybridized carbons (Fsp3) is 0.917. The Kier molecular flexibility index (Phi) is 7.54. The Morgan fingerprint density at radius 2 is 0.600 bits per heavy atom. The Morgan fingerprint density at radius 1 is 0.400 bits per heavy atom. The molecular weight excluding hydrogens is 571 g/mol. The molecule has 0 aromatic carbocycles. The molecule has 0 aliphatic rings. The molecule has 0 fully saturated rings. The summed E-state index contributed by atoms with van der Waals surface area (Å²) in [5, 5.41) is 6.19. The molecule has 23 heteroatoms. The minimum absolute atomic E-state index is 2.27. The molecule has 0 radical (unpaired) electrons. The van der Waals surface area contributed by atoms with Gasteiger partial charge in [0.2, 0.25) is 0 Å². The van der Waals surface area contributed by atoms with Crippen LogP contribution in [0.3, 0.4) is 0 Å². The van der Waals surface area contributed by atoms with Crippen LogP contribution in [0.15, 0.2) is 0 Å². The zero-order valence-electron chi connectivity index (χ0n) is 15.2. The minimum Gasteiger partial charge on any atom is -0.387 e. The number of hydrogen-bond acceptors (Lipinski definition) is 1. The normalized spacial score (nSPS) is 16.5. The lowest BCUT2D eigenvalue weighted by Gasteiger charge is -2.44. The van der Waals surface area contributed by atoms with Gasteiger partial charge < -0.3 is 5.73 Å². The highest BCUT2D eigenvalue weighted by molar-refractivity contribution is 5.77. The first kappa shape index (κ1) is 33.0. The van der Waals surface area contributed by atoms with Gasteiger partial charge in [-0.05, 0) is 0 Å². The van der Waals surface area contributed by atoms with E-state index in [1.165, 1.54) is 0 Å². The van der Waals surface area contributed by atoms with Gasteiger partial charge >= 0.3 is 59.5 Å². The standard InChI is InChI=1S/C12H5F21N2/c13-3(14,1-2(34)35)4(15,16)5(17,18)6(19,20)7(21,22)8(23,24)9(25,26)10(27,28)11(29,30)12(31,32)33/h1H2,(H3,34,35). The molecule has 0 aromatic heterocycles. The SMILES string of the molecule is N=C(N)CC(F)(F)C(F)(F)C(F)(F)C(F)(F)C(F)(F)C(F)(F)C(F)(F)C(F)(F)C(F)(F)C(F)(F)F. The second-order valence-corrected chi connectivity index (χ2v) is 6.50. The fourth-order valence-electron chi connectivity index (χ4n) is 1.94. The quantitative estimate of drug-likeness (QED) is 0.172. The van der Waals surface area contributed by atoms with Crippen LogP contribution in [0.2, 0.25) is 0 Å². The molecule has 0 heterocycles. The number of nitrogens with one attached hydrogen (secondary N) is 1. The number of halogens is 21. The first-order valence-corrected chi connectivity index (χ1v) is 7.46. The van der Waals surface area contributed by atoms with Gasteiger partial charge in [0, 0.05) is 0 Å². The van der Waals surface area contributed by atoms with Gasteiger partial charge in [-0.15, -0.1) is 0 Å². The third-order valence-corrected chi connectivity index (χ3v) is 3.99. The molecule has 0 saturated heterocycles. The lowest BCUT2D eigenvalue weighted by molar-refractivity contribution is -0.474. The van der Waals surface area contributed by atoms with Gasteiger partial charge in [-0.3, -0.25) is 5.41 Å². The fourth-order valence-corrected chi connectivity index (χ4v) is 1.94. The summed E-state index contributed by atoms with van der Waals surface area (Å²) in [5.74, 6) is -79.7. The van der Waals surface area contributed by atoms with E-state index in [4.69, 9.17) is 5.41 Å². The summed E-state index contributed by atoms with van der Waals surface area (Å²) in [6, 6.07) is 0. The van der Waals surface area contributed by atoms with E-state index < -0.39 is 71.7 Å². The predicted molar refractivity (Wildman–Crippen MR) is 67.1 cm³/mol. The Bertz CT molecular complexity index is 806. The minimum atomic E-state index is -9.20. The summed E-state index contributed by atoms with van der Waals surface area (Å²) >= 11 is 0. The van der Waals surface area contributed by atoms with Crippen molar-refractivity contribution >= 4 is 5.84 Å². The van der Waals surface area contributed by atoms with Gasteiger partial charge in [0.25, 0.3) is 0 Å². The monoisotopic (exact) mass is 576 g/mol. The molecule has 0 rings (SSSR count). The van der Waals surface area contributed by atoms with E-state index in [2.05, 4.69) is 5.73 Å². The maximum absolute atomic E-state index is 13.4. The Balaban J connectivity index is 7.05. The highest BCUT2D eigenvalue weighted by Gasteiger charge is 2.97. The van der Waals surface area contributed by atoms with Crippen molar-refractivity contribution < 1.29 is 92.2 Å². The predicted octanol–water partition coefficient (Wildman–Crippen LogP) is 6.59. The van der Waals surface area contributed by atoms with E-state index in [0.717, 1.165) is 0 Å². The van der Waals surface area contributed by atoms with Gasteiger partial charge in [0.05, 0.1) is 12.3 Å². The maximum Gasteiger partial charge on any atom is 0.460 e. The molecule has 0 bridgehead atoms. The van der Waals surface area contributed by atoms with Gasteiger partial charge in [-0.2, -0.15) is 92.2 Å². The molecule has 0 spiro atoms. The molecule has 0 unspecified atom stereocenters. The van der Waals surface area contributed by atoms with Crippen LogP contribution in [-0.2, 0) is 0 Å². The highest BCUT2D eigenvalue weighted by atomic mass is 19.4. The summed E-state index contributed by atoms with van der Waals surface area (Å²) in [6.45, 7) is 0. The summed E-state index contributed by atoms with van der Waals surface area (Å²) in [6.07, 6.45) is -11.2. The van der Waals surface area contributed by atoms with E-state index >= 15 is 0 Å². The van der Waals surface area contributed by atoms with E-state index in [0.29, 0.717) is 0 Å². The van der Waals surface area contributed by atoms with Crippen LogP contribution >= 0.6 is 0 Å². The van der Waals surface area contributed by atoms with Crippen molar-refractivity contribution in [3.63, 3.8) is 0 Å².